The van der Waals surface area contributed by atoms with Crippen LogP contribution in [-0.4, -0.2) is 64.1 Å². The Morgan fingerprint density at radius 3 is 2.50 bits per heavy atom. The molecule has 0 radical (unpaired) electrons. The highest BCUT2D eigenvalue weighted by molar-refractivity contribution is 6.01. The van der Waals surface area contributed by atoms with E-state index in [1.165, 1.54) is 23.7 Å². The number of hydrogen-bond acceptors (Lipinski definition) is 9. The molecule has 2 atom stereocenters. The highest BCUT2D eigenvalue weighted by Gasteiger charge is 2.50. The van der Waals surface area contributed by atoms with E-state index in [2.05, 4.69) is 61.5 Å². The Balaban J connectivity index is 1.11. The van der Waals surface area contributed by atoms with E-state index in [0.717, 1.165) is 29.2 Å². The second-order valence-corrected chi connectivity index (χ2v) is 11.6. The largest absolute Gasteiger partial charge is 0.482 e. The van der Waals surface area contributed by atoms with Gasteiger partial charge in [-0.25, -0.2) is 4.98 Å². The molecule has 226 valence electrons. The van der Waals surface area contributed by atoms with Crippen molar-refractivity contribution in [2.24, 2.45) is 0 Å². The Morgan fingerprint density at radius 2 is 1.77 bits per heavy atom. The average molecular weight is 599 g/mol. The molecular formula is C32H32F2N8O2. The molecule has 3 aliphatic rings. The molecule has 5 heterocycles. The molecule has 2 saturated heterocycles. The third-order valence-electron chi connectivity index (χ3n) is 8.54. The first-order valence-electron chi connectivity index (χ1n) is 14.5. The predicted octanol–water partition coefficient (Wildman–Crippen LogP) is 5.39. The molecule has 0 aliphatic carbocycles. The van der Waals surface area contributed by atoms with Crippen molar-refractivity contribution in [2.45, 2.75) is 45.0 Å². The van der Waals surface area contributed by atoms with Crippen LogP contribution < -0.4 is 25.2 Å². The number of alkyl halides is 2. The summed E-state index contributed by atoms with van der Waals surface area (Å²) in [5, 5.41) is 6.55. The number of hydrogen-bond donors (Lipinski definition) is 2. The summed E-state index contributed by atoms with van der Waals surface area (Å²) in [5.74, 6) is -0.633. The van der Waals surface area contributed by atoms with Gasteiger partial charge in [0.1, 0.15) is 5.82 Å². The van der Waals surface area contributed by atoms with Crippen molar-refractivity contribution in [3.8, 4) is 5.75 Å². The molecule has 2 bridgehead atoms. The van der Waals surface area contributed by atoms with Crippen LogP contribution in [0.5, 0.6) is 5.75 Å². The van der Waals surface area contributed by atoms with Gasteiger partial charge in [-0.15, -0.1) is 0 Å². The quantitative estimate of drug-likeness (QED) is 0.290. The summed E-state index contributed by atoms with van der Waals surface area (Å²) in [6.07, 6.45) is 0.481. The molecule has 3 aliphatic heterocycles. The fraction of sp³-hybridized carbons (Fsp3) is 0.312. The van der Waals surface area contributed by atoms with Crippen LogP contribution in [-0.2, 0) is 11.3 Å². The minimum absolute atomic E-state index is 0.106. The van der Waals surface area contributed by atoms with E-state index >= 15 is 0 Å². The summed E-state index contributed by atoms with van der Waals surface area (Å²) in [5.41, 5.74) is 5.30. The number of benzene rings is 2. The summed E-state index contributed by atoms with van der Waals surface area (Å²) in [6.45, 7) is 6.00. The number of amides is 1. The Hall–Kier alpha value is -4.84. The third-order valence-corrected chi connectivity index (χ3v) is 8.54. The van der Waals surface area contributed by atoms with E-state index in [4.69, 9.17) is 4.74 Å². The number of aromatic nitrogens is 3. The zero-order valence-electron chi connectivity index (χ0n) is 24.6. The SMILES string of the molecule is Cc1cc(Nc2ncc(C)c(Nc3ccc4c(c3)N(Cc3ccccn3)C(=O)C(F)(F)O4)n2)ccc1N1CC2CC1CN2C. The molecule has 2 aromatic carbocycles. The molecule has 12 heteroatoms. The number of ether oxygens (including phenoxy) is 1. The number of nitrogens with one attached hydrogen (secondary N) is 2. The molecular weight excluding hydrogens is 566 g/mol. The van der Waals surface area contributed by atoms with E-state index in [1.807, 2.05) is 13.0 Å². The van der Waals surface area contributed by atoms with Gasteiger partial charge in [-0.05, 0) is 81.4 Å². The number of pyridine rings is 1. The second kappa shape index (κ2) is 10.7. The van der Waals surface area contributed by atoms with Gasteiger partial charge in [0, 0.05) is 60.2 Å². The smallest absolute Gasteiger partial charge is 0.423 e. The van der Waals surface area contributed by atoms with Gasteiger partial charge >= 0.3 is 12.0 Å². The summed E-state index contributed by atoms with van der Waals surface area (Å²) >= 11 is 0. The minimum Gasteiger partial charge on any atom is -0.423 e. The van der Waals surface area contributed by atoms with Crippen LogP contribution in [0.4, 0.5) is 43.3 Å². The first-order chi connectivity index (χ1) is 21.1. The number of fused-ring (bicyclic) bond motifs is 3. The monoisotopic (exact) mass is 598 g/mol. The van der Waals surface area contributed by atoms with E-state index in [1.54, 1.807) is 42.7 Å². The van der Waals surface area contributed by atoms with Gasteiger partial charge in [0.15, 0.2) is 5.75 Å². The Kier molecular flexibility index (Phi) is 6.80. The average Bonchev–Trinajstić information content (AvgIpc) is 3.58. The summed E-state index contributed by atoms with van der Waals surface area (Å²) < 4.78 is 33.7. The fourth-order valence-electron chi connectivity index (χ4n) is 6.26. The van der Waals surface area contributed by atoms with Crippen LogP contribution in [0, 0.1) is 13.8 Å². The van der Waals surface area contributed by atoms with Gasteiger partial charge < -0.3 is 20.3 Å². The lowest BCUT2D eigenvalue weighted by Crippen LogP contribution is -2.50. The van der Waals surface area contributed by atoms with E-state index < -0.39 is 12.0 Å². The number of halogens is 2. The third kappa shape index (κ3) is 5.15. The lowest BCUT2D eigenvalue weighted by atomic mass is 10.1. The number of aryl methyl sites for hydroxylation is 2. The molecule has 2 fully saturated rings. The van der Waals surface area contributed by atoms with Crippen LogP contribution in [0.15, 0.2) is 67.0 Å². The Bertz CT molecular complexity index is 1740. The van der Waals surface area contributed by atoms with E-state index in [0.29, 0.717) is 35.2 Å². The Morgan fingerprint density at radius 1 is 0.955 bits per heavy atom. The standard InChI is InChI=1S/C32H32F2N8O2/c1-19-12-21(7-9-26(19)41-18-24-14-25(41)17-40(24)3)38-31-36-15-20(2)29(39-31)37-22-8-10-28-27(13-22)42(30(43)32(33,34)44-28)16-23-6-4-5-11-35-23/h4-13,15,24-25H,14,16-18H2,1-3H3,(H2,36,37,38,39). The second-order valence-electron chi connectivity index (χ2n) is 11.6. The molecule has 44 heavy (non-hydrogen) atoms. The van der Waals surface area contributed by atoms with Crippen molar-refractivity contribution >= 4 is 40.4 Å². The van der Waals surface area contributed by atoms with E-state index in [-0.39, 0.29) is 18.0 Å². The number of carbonyl (C=O) groups excluding carboxylic acids is 1. The first-order valence-corrected chi connectivity index (χ1v) is 14.5. The normalized spacial score (nSPS) is 20.4. The van der Waals surface area contributed by atoms with Crippen molar-refractivity contribution in [1.29, 1.82) is 0 Å². The van der Waals surface area contributed by atoms with Crippen LogP contribution >= 0.6 is 0 Å². The lowest BCUT2D eigenvalue weighted by Gasteiger charge is -2.34. The number of carbonyl (C=O) groups is 1. The van der Waals surface area contributed by atoms with Crippen molar-refractivity contribution in [3.63, 3.8) is 0 Å². The van der Waals surface area contributed by atoms with Gasteiger partial charge in [0.05, 0.1) is 17.9 Å². The molecule has 2 N–H and O–H groups in total. The first kappa shape index (κ1) is 28.0. The van der Waals surface area contributed by atoms with Gasteiger partial charge in [-0.2, -0.15) is 13.8 Å². The Labute approximate surface area is 253 Å². The maximum Gasteiger partial charge on any atom is 0.482 e. The van der Waals surface area contributed by atoms with Crippen molar-refractivity contribution in [3.05, 3.63) is 83.8 Å². The number of anilines is 6. The summed E-state index contributed by atoms with van der Waals surface area (Å²) in [7, 11) is 2.20. The van der Waals surface area contributed by atoms with Crippen LogP contribution in [0.25, 0.3) is 0 Å². The van der Waals surface area contributed by atoms with Crippen LogP contribution in [0.1, 0.15) is 23.2 Å². The summed E-state index contributed by atoms with van der Waals surface area (Å²) in [6, 6.07) is 17.2. The lowest BCUT2D eigenvalue weighted by molar-refractivity contribution is -0.193. The topological polar surface area (TPSA) is 98.8 Å². The number of nitrogens with zero attached hydrogens (tertiary/aromatic N) is 6. The molecule has 2 unspecified atom stereocenters. The predicted molar refractivity (Wildman–Crippen MR) is 164 cm³/mol. The van der Waals surface area contributed by atoms with Crippen molar-refractivity contribution in [2.75, 3.05) is 40.6 Å². The van der Waals surface area contributed by atoms with Crippen molar-refractivity contribution < 1.29 is 18.3 Å². The highest BCUT2D eigenvalue weighted by atomic mass is 19.3. The maximum absolute atomic E-state index is 14.5. The molecule has 0 spiro atoms. The zero-order valence-corrected chi connectivity index (χ0v) is 24.6. The van der Waals surface area contributed by atoms with Crippen LogP contribution in [0.3, 0.4) is 0 Å². The van der Waals surface area contributed by atoms with Gasteiger partial charge in [0.2, 0.25) is 5.95 Å². The molecule has 4 aromatic rings. The van der Waals surface area contributed by atoms with Gasteiger partial charge in [0.25, 0.3) is 0 Å². The fourth-order valence-corrected chi connectivity index (χ4v) is 6.26. The molecule has 7 rings (SSSR count). The van der Waals surface area contributed by atoms with Gasteiger partial charge in [-0.1, -0.05) is 6.07 Å². The maximum atomic E-state index is 14.5. The van der Waals surface area contributed by atoms with Gasteiger partial charge in [-0.3, -0.25) is 19.6 Å². The number of piperazine rings is 1. The van der Waals surface area contributed by atoms with Crippen LogP contribution in [0.2, 0.25) is 0 Å². The molecule has 10 nitrogen and oxygen atoms in total. The minimum atomic E-state index is -3.98. The molecule has 0 saturated carbocycles. The van der Waals surface area contributed by atoms with E-state index in [9.17, 15) is 13.6 Å². The number of likely N-dealkylation sites (N-methyl/N-ethyl adjacent to an activating group) is 1. The highest BCUT2D eigenvalue weighted by Crippen LogP contribution is 2.42. The molecule has 2 aromatic heterocycles. The number of likely N-dealkylation sites (tertiary alicyclic amines) is 1. The zero-order chi connectivity index (χ0) is 30.6. The van der Waals surface area contributed by atoms with Crippen molar-refractivity contribution in [1.82, 2.24) is 19.9 Å². The summed E-state index contributed by atoms with van der Waals surface area (Å²) in [4.78, 5) is 32.0. The number of rotatable bonds is 7. The molecule has 1 amide bonds.